The normalized spacial score (nSPS) is 11.9. The fourth-order valence-electron chi connectivity index (χ4n) is 2.47. The first-order valence-electron chi connectivity index (χ1n) is 7.52. The predicted octanol–water partition coefficient (Wildman–Crippen LogP) is 3.80. The summed E-state index contributed by atoms with van der Waals surface area (Å²) in [5.41, 5.74) is 3.27. The molecule has 2 aromatic carbocycles. The fourth-order valence-corrected chi connectivity index (χ4v) is 3.77. The predicted molar refractivity (Wildman–Crippen MR) is 98.3 cm³/mol. The number of carboxylic acids is 1. The van der Waals surface area contributed by atoms with Crippen LogP contribution in [-0.4, -0.2) is 21.6 Å². The lowest BCUT2D eigenvalue weighted by Gasteiger charge is -2.04. The molecule has 3 rings (SSSR count). The molecule has 7 heteroatoms. The first-order valence-corrected chi connectivity index (χ1v) is 8.71. The van der Waals surface area contributed by atoms with Gasteiger partial charge in [0.25, 0.3) is 5.91 Å². The van der Waals surface area contributed by atoms with Gasteiger partial charge in [0.2, 0.25) is 0 Å². The number of carbonyl (C=O) groups excluding carboxylic acids is 1. The molecular weight excluding hydrogens is 360 g/mol. The number of carboxylic acid groups (broad SMARTS) is 1. The van der Waals surface area contributed by atoms with Gasteiger partial charge in [-0.05, 0) is 55.3 Å². The number of hydrogen-bond donors (Lipinski definition) is 1. The van der Waals surface area contributed by atoms with Crippen molar-refractivity contribution in [1.29, 1.82) is 0 Å². The van der Waals surface area contributed by atoms with E-state index < -0.39 is 11.9 Å². The van der Waals surface area contributed by atoms with Gasteiger partial charge >= 0.3 is 5.97 Å². The van der Waals surface area contributed by atoms with Crippen molar-refractivity contribution in [2.45, 2.75) is 20.4 Å². The Balaban J connectivity index is 2.20. The van der Waals surface area contributed by atoms with Gasteiger partial charge in [-0.2, -0.15) is 4.99 Å². The lowest BCUT2D eigenvalue weighted by Crippen LogP contribution is -2.21. The van der Waals surface area contributed by atoms with E-state index in [2.05, 4.69) is 4.99 Å². The van der Waals surface area contributed by atoms with Crippen LogP contribution in [0.4, 0.5) is 0 Å². The first-order chi connectivity index (χ1) is 11.8. The van der Waals surface area contributed by atoms with E-state index in [-0.39, 0.29) is 6.54 Å². The second kappa shape index (κ2) is 6.82. The van der Waals surface area contributed by atoms with Crippen LogP contribution >= 0.6 is 22.9 Å². The zero-order chi connectivity index (χ0) is 18.1. The number of rotatable bonds is 3. The van der Waals surface area contributed by atoms with Crippen LogP contribution in [0.1, 0.15) is 21.5 Å². The molecule has 0 fully saturated rings. The van der Waals surface area contributed by atoms with Gasteiger partial charge in [-0.15, -0.1) is 0 Å². The number of aromatic nitrogens is 1. The van der Waals surface area contributed by atoms with Crippen LogP contribution in [0.5, 0.6) is 0 Å². The van der Waals surface area contributed by atoms with Crippen LogP contribution in [0.15, 0.2) is 41.4 Å². The summed E-state index contributed by atoms with van der Waals surface area (Å²) in [6.45, 7) is 3.69. The first kappa shape index (κ1) is 17.4. The van der Waals surface area contributed by atoms with E-state index in [4.69, 9.17) is 11.6 Å². The molecule has 1 heterocycles. The van der Waals surface area contributed by atoms with Gasteiger partial charge in [0, 0.05) is 10.6 Å². The highest BCUT2D eigenvalue weighted by molar-refractivity contribution is 7.16. The Morgan fingerprint density at radius 1 is 1.20 bits per heavy atom. The molecule has 1 N–H and O–H groups in total. The summed E-state index contributed by atoms with van der Waals surface area (Å²) in [5.74, 6) is -1.45. The number of nitrogens with zero attached hydrogens (tertiary/aromatic N) is 2. The number of benzene rings is 2. The van der Waals surface area contributed by atoms with Crippen LogP contribution in [-0.2, 0) is 11.3 Å². The number of thiazole rings is 1. The van der Waals surface area contributed by atoms with Gasteiger partial charge in [-0.3, -0.25) is 9.59 Å². The summed E-state index contributed by atoms with van der Waals surface area (Å²) in [7, 11) is 0. The van der Waals surface area contributed by atoms with Gasteiger partial charge in [0.1, 0.15) is 6.54 Å². The second-order valence-electron chi connectivity index (χ2n) is 5.70. The monoisotopic (exact) mass is 374 g/mol. The Labute approximate surface area is 152 Å². The quantitative estimate of drug-likeness (QED) is 0.757. The third-order valence-electron chi connectivity index (χ3n) is 3.86. The van der Waals surface area contributed by atoms with Crippen molar-refractivity contribution < 1.29 is 14.7 Å². The molecule has 1 amide bonds. The molecule has 0 unspecified atom stereocenters. The minimum Gasteiger partial charge on any atom is -0.480 e. The molecule has 0 aliphatic heterocycles. The van der Waals surface area contributed by atoms with Crippen molar-refractivity contribution in [2.75, 3.05) is 0 Å². The van der Waals surface area contributed by atoms with Gasteiger partial charge in [0.15, 0.2) is 4.80 Å². The van der Waals surface area contributed by atoms with Crippen molar-refractivity contribution >= 4 is 45.0 Å². The van der Waals surface area contributed by atoms with E-state index in [9.17, 15) is 14.7 Å². The molecular formula is C18H15ClN2O3S. The van der Waals surface area contributed by atoms with Crippen LogP contribution in [0.2, 0.25) is 5.02 Å². The molecule has 0 bridgehead atoms. The number of amides is 1. The van der Waals surface area contributed by atoms with Crippen molar-refractivity contribution in [3.05, 3.63) is 62.9 Å². The molecule has 1 aromatic heterocycles. The van der Waals surface area contributed by atoms with Gasteiger partial charge in [-0.25, -0.2) is 0 Å². The van der Waals surface area contributed by atoms with Gasteiger partial charge < -0.3 is 9.67 Å². The Morgan fingerprint density at radius 3 is 2.60 bits per heavy atom. The van der Waals surface area contributed by atoms with Crippen LogP contribution < -0.4 is 4.80 Å². The maximum atomic E-state index is 12.4. The molecule has 0 aliphatic rings. The Hall–Kier alpha value is -2.44. The summed E-state index contributed by atoms with van der Waals surface area (Å²) in [6.07, 6.45) is 0. The van der Waals surface area contributed by atoms with Crippen molar-refractivity contribution in [2.24, 2.45) is 4.99 Å². The minimum absolute atomic E-state index is 0.260. The Kier molecular flexibility index (Phi) is 4.74. The number of fused-ring (bicyclic) bond motifs is 1. The third kappa shape index (κ3) is 3.65. The third-order valence-corrected chi connectivity index (χ3v) is 5.14. The summed E-state index contributed by atoms with van der Waals surface area (Å²) in [4.78, 5) is 28.2. The Morgan fingerprint density at radius 2 is 1.92 bits per heavy atom. The average Bonchev–Trinajstić information content (AvgIpc) is 2.84. The highest BCUT2D eigenvalue weighted by Crippen LogP contribution is 2.22. The van der Waals surface area contributed by atoms with Crippen molar-refractivity contribution in [3.63, 3.8) is 0 Å². The highest BCUT2D eigenvalue weighted by Gasteiger charge is 2.13. The van der Waals surface area contributed by atoms with Crippen molar-refractivity contribution in [3.8, 4) is 0 Å². The van der Waals surface area contributed by atoms with E-state index in [1.54, 1.807) is 22.8 Å². The Bertz CT molecular complexity index is 1070. The molecule has 0 radical (unpaired) electrons. The zero-order valence-electron chi connectivity index (χ0n) is 13.6. The lowest BCUT2D eigenvalue weighted by molar-refractivity contribution is -0.137. The van der Waals surface area contributed by atoms with E-state index in [1.807, 2.05) is 26.0 Å². The van der Waals surface area contributed by atoms with Crippen LogP contribution in [0.25, 0.3) is 10.2 Å². The standard InChI is InChI=1S/C18H15ClN2O3S/c1-10-6-14-15(7-11(10)2)25-18(21(14)9-16(22)23)20-17(24)12-4-3-5-13(19)8-12/h3-8H,9H2,1-2H3,(H,22,23)/b20-18-. The maximum Gasteiger partial charge on any atom is 0.323 e. The molecule has 128 valence electrons. The summed E-state index contributed by atoms with van der Waals surface area (Å²) < 4.78 is 2.44. The van der Waals surface area contributed by atoms with Crippen LogP contribution in [0.3, 0.4) is 0 Å². The molecule has 25 heavy (non-hydrogen) atoms. The number of hydrogen-bond acceptors (Lipinski definition) is 3. The average molecular weight is 375 g/mol. The number of carbonyl (C=O) groups is 2. The molecule has 0 atom stereocenters. The summed E-state index contributed by atoms with van der Waals surface area (Å²) >= 11 is 7.21. The molecule has 3 aromatic rings. The molecule has 0 spiro atoms. The van der Waals surface area contributed by atoms with E-state index in [0.717, 1.165) is 21.3 Å². The summed E-state index contributed by atoms with van der Waals surface area (Å²) in [5, 5.41) is 9.67. The van der Waals surface area contributed by atoms with E-state index in [0.29, 0.717) is 15.4 Å². The molecule has 0 saturated heterocycles. The van der Waals surface area contributed by atoms with Gasteiger partial charge in [0.05, 0.1) is 10.2 Å². The molecule has 0 aliphatic carbocycles. The number of aryl methyl sites for hydroxylation is 2. The van der Waals surface area contributed by atoms with E-state index >= 15 is 0 Å². The van der Waals surface area contributed by atoms with E-state index in [1.165, 1.54) is 17.4 Å². The minimum atomic E-state index is -0.991. The van der Waals surface area contributed by atoms with Crippen LogP contribution in [0, 0.1) is 13.8 Å². The fraction of sp³-hybridized carbons (Fsp3) is 0.167. The second-order valence-corrected chi connectivity index (χ2v) is 7.14. The SMILES string of the molecule is Cc1cc2s/c(=N\C(=O)c3cccc(Cl)c3)n(CC(=O)O)c2cc1C. The highest BCUT2D eigenvalue weighted by atomic mass is 35.5. The molecule has 0 saturated carbocycles. The van der Waals surface area contributed by atoms with Gasteiger partial charge in [-0.1, -0.05) is 29.0 Å². The lowest BCUT2D eigenvalue weighted by atomic mass is 10.1. The molecule has 5 nitrogen and oxygen atoms in total. The maximum absolute atomic E-state index is 12.4. The number of halogens is 1. The smallest absolute Gasteiger partial charge is 0.323 e. The van der Waals surface area contributed by atoms with Crippen molar-refractivity contribution in [1.82, 2.24) is 4.57 Å². The zero-order valence-corrected chi connectivity index (χ0v) is 15.2. The topological polar surface area (TPSA) is 71.7 Å². The largest absolute Gasteiger partial charge is 0.480 e. The number of aliphatic carboxylic acids is 1. The summed E-state index contributed by atoms with van der Waals surface area (Å²) in [6, 6.07) is 10.4.